The summed E-state index contributed by atoms with van der Waals surface area (Å²) in [5.41, 5.74) is 0. The fourth-order valence-corrected chi connectivity index (χ4v) is 2.53. The molecule has 0 aromatic heterocycles. The Balaban J connectivity index is 2.20. The SMILES string of the molecule is CCCCCOC(=O)C1CCC(C(=O)OCCC)CC1. The van der Waals surface area contributed by atoms with Crippen LogP contribution in [0.25, 0.3) is 0 Å². The molecular weight excluding hydrogens is 256 g/mol. The fraction of sp³-hybridized carbons (Fsp3) is 0.875. The number of hydrogen-bond acceptors (Lipinski definition) is 4. The van der Waals surface area contributed by atoms with Gasteiger partial charge < -0.3 is 9.47 Å². The second kappa shape index (κ2) is 9.78. The molecule has 4 heteroatoms. The summed E-state index contributed by atoms with van der Waals surface area (Å²) in [5.74, 6) is -0.222. The summed E-state index contributed by atoms with van der Waals surface area (Å²) in [6, 6.07) is 0. The lowest BCUT2D eigenvalue weighted by Crippen LogP contribution is -2.28. The minimum absolute atomic E-state index is 0.0214. The van der Waals surface area contributed by atoms with Crippen molar-refractivity contribution in [3.63, 3.8) is 0 Å². The molecule has 0 spiro atoms. The van der Waals surface area contributed by atoms with E-state index in [0.717, 1.165) is 51.4 Å². The van der Waals surface area contributed by atoms with E-state index in [1.165, 1.54) is 0 Å². The molecule has 0 aromatic rings. The molecule has 1 rings (SSSR count). The largest absolute Gasteiger partial charge is 0.465 e. The molecule has 0 radical (unpaired) electrons. The Morgan fingerprint density at radius 3 is 1.75 bits per heavy atom. The molecular formula is C16H28O4. The van der Waals surface area contributed by atoms with Gasteiger partial charge in [0.15, 0.2) is 0 Å². The third kappa shape index (κ3) is 5.93. The molecule has 1 fully saturated rings. The number of unbranched alkanes of at least 4 members (excludes halogenated alkanes) is 2. The van der Waals surface area contributed by atoms with Crippen molar-refractivity contribution in [2.45, 2.75) is 65.2 Å². The summed E-state index contributed by atoms with van der Waals surface area (Å²) in [4.78, 5) is 23.6. The van der Waals surface area contributed by atoms with Crippen molar-refractivity contribution in [1.82, 2.24) is 0 Å². The Morgan fingerprint density at radius 1 is 0.800 bits per heavy atom. The number of carbonyl (C=O) groups is 2. The second-order valence-electron chi connectivity index (χ2n) is 5.59. The summed E-state index contributed by atoms with van der Waals surface area (Å²) in [7, 11) is 0. The number of esters is 2. The van der Waals surface area contributed by atoms with Crippen molar-refractivity contribution in [2.75, 3.05) is 13.2 Å². The van der Waals surface area contributed by atoms with Crippen molar-refractivity contribution in [2.24, 2.45) is 11.8 Å². The van der Waals surface area contributed by atoms with E-state index in [4.69, 9.17) is 9.47 Å². The number of rotatable bonds is 8. The predicted octanol–water partition coefficient (Wildman–Crippen LogP) is 3.48. The zero-order chi connectivity index (χ0) is 14.8. The Kier molecular flexibility index (Phi) is 8.31. The highest BCUT2D eigenvalue weighted by Crippen LogP contribution is 2.30. The van der Waals surface area contributed by atoms with E-state index in [1.807, 2.05) is 6.92 Å². The molecule has 0 atom stereocenters. The fourth-order valence-electron chi connectivity index (χ4n) is 2.53. The molecule has 0 saturated heterocycles. The van der Waals surface area contributed by atoms with Crippen molar-refractivity contribution < 1.29 is 19.1 Å². The first-order valence-corrected chi connectivity index (χ1v) is 8.02. The molecule has 0 unspecified atom stereocenters. The van der Waals surface area contributed by atoms with E-state index in [1.54, 1.807) is 0 Å². The van der Waals surface area contributed by atoms with Gasteiger partial charge in [0, 0.05) is 0 Å². The maximum atomic E-state index is 11.9. The van der Waals surface area contributed by atoms with Gasteiger partial charge in [-0.3, -0.25) is 9.59 Å². The Hall–Kier alpha value is -1.06. The maximum absolute atomic E-state index is 11.9. The Bertz CT molecular complexity index is 293. The van der Waals surface area contributed by atoms with E-state index < -0.39 is 0 Å². The molecule has 4 nitrogen and oxygen atoms in total. The highest BCUT2D eigenvalue weighted by atomic mass is 16.5. The van der Waals surface area contributed by atoms with Gasteiger partial charge in [-0.05, 0) is 38.5 Å². The lowest BCUT2D eigenvalue weighted by atomic mass is 9.82. The minimum Gasteiger partial charge on any atom is -0.465 e. The monoisotopic (exact) mass is 284 g/mol. The van der Waals surface area contributed by atoms with Crippen LogP contribution >= 0.6 is 0 Å². The van der Waals surface area contributed by atoms with Crippen LogP contribution in [0.15, 0.2) is 0 Å². The zero-order valence-corrected chi connectivity index (χ0v) is 12.9. The topological polar surface area (TPSA) is 52.6 Å². The first-order chi connectivity index (χ1) is 9.69. The summed E-state index contributed by atoms with van der Waals surface area (Å²) in [6.07, 6.45) is 7.02. The summed E-state index contributed by atoms with van der Waals surface area (Å²) in [5, 5.41) is 0. The number of carbonyl (C=O) groups excluding carboxylic acids is 2. The first kappa shape index (κ1) is 17.0. The van der Waals surface area contributed by atoms with Crippen LogP contribution in [0.1, 0.15) is 65.2 Å². The minimum atomic E-state index is -0.0957. The van der Waals surface area contributed by atoms with Crippen molar-refractivity contribution >= 4 is 11.9 Å². The summed E-state index contributed by atoms with van der Waals surface area (Å²) in [6.45, 7) is 5.14. The predicted molar refractivity (Wildman–Crippen MR) is 77.2 cm³/mol. The van der Waals surface area contributed by atoms with E-state index in [0.29, 0.717) is 13.2 Å². The third-order valence-electron chi connectivity index (χ3n) is 3.83. The van der Waals surface area contributed by atoms with E-state index in [-0.39, 0.29) is 23.8 Å². The van der Waals surface area contributed by atoms with Gasteiger partial charge in [0.2, 0.25) is 0 Å². The van der Waals surface area contributed by atoms with Gasteiger partial charge in [-0.25, -0.2) is 0 Å². The summed E-state index contributed by atoms with van der Waals surface area (Å²) < 4.78 is 10.5. The molecule has 116 valence electrons. The second-order valence-corrected chi connectivity index (χ2v) is 5.59. The van der Waals surface area contributed by atoms with E-state index in [2.05, 4.69) is 6.92 Å². The van der Waals surface area contributed by atoms with Gasteiger partial charge in [0.05, 0.1) is 25.0 Å². The Labute approximate surface area is 122 Å². The average molecular weight is 284 g/mol. The van der Waals surface area contributed by atoms with Crippen molar-refractivity contribution in [1.29, 1.82) is 0 Å². The van der Waals surface area contributed by atoms with Crippen LogP contribution in [-0.4, -0.2) is 25.2 Å². The van der Waals surface area contributed by atoms with Crippen LogP contribution in [-0.2, 0) is 19.1 Å². The lowest BCUT2D eigenvalue weighted by Gasteiger charge is -2.25. The van der Waals surface area contributed by atoms with Crippen LogP contribution in [0.4, 0.5) is 0 Å². The first-order valence-electron chi connectivity index (χ1n) is 8.02. The van der Waals surface area contributed by atoms with Crippen LogP contribution in [0.2, 0.25) is 0 Å². The van der Waals surface area contributed by atoms with Crippen LogP contribution in [0, 0.1) is 11.8 Å². The van der Waals surface area contributed by atoms with Crippen LogP contribution < -0.4 is 0 Å². The summed E-state index contributed by atoms with van der Waals surface area (Å²) >= 11 is 0. The smallest absolute Gasteiger partial charge is 0.308 e. The lowest BCUT2D eigenvalue weighted by molar-refractivity contribution is -0.155. The van der Waals surface area contributed by atoms with Gasteiger partial charge in [-0.1, -0.05) is 26.7 Å². The third-order valence-corrected chi connectivity index (χ3v) is 3.83. The standard InChI is InChI=1S/C16H28O4/c1-3-5-6-12-20-16(18)14-9-7-13(8-10-14)15(17)19-11-4-2/h13-14H,3-12H2,1-2H3. The zero-order valence-electron chi connectivity index (χ0n) is 12.9. The molecule has 0 aromatic carbocycles. The quantitative estimate of drug-likeness (QED) is 0.506. The van der Waals surface area contributed by atoms with E-state index >= 15 is 0 Å². The van der Waals surface area contributed by atoms with Gasteiger partial charge in [0.1, 0.15) is 0 Å². The average Bonchev–Trinajstić information content (AvgIpc) is 2.49. The molecule has 0 heterocycles. The molecule has 1 aliphatic carbocycles. The number of hydrogen-bond donors (Lipinski definition) is 0. The highest BCUT2D eigenvalue weighted by Gasteiger charge is 2.31. The highest BCUT2D eigenvalue weighted by molar-refractivity contribution is 5.75. The van der Waals surface area contributed by atoms with Crippen molar-refractivity contribution in [3.8, 4) is 0 Å². The van der Waals surface area contributed by atoms with Gasteiger partial charge in [-0.15, -0.1) is 0 Å². The molecule has 1 saturated carbocycles. The van der Waals surface area contributed by atoms with Gasteiger partial charge >= 0.3 is 11.9 Å². The molecule has 0 N–H and O–H groups in total. The van der Waals surface area contributed by atoms with Gasteiger partial charge in [-0.2, -0.15) is 0 Å². The molecule has 0 bridgehead atoms. The van der Waals surface area contributed by atoms with Crippen LogP contribution in [0.5, 0.6) is 0 Å². The molecule has 1 aliphatic rings. The van der Waals surface area contributed by atoms with E-state index in [9.17, 15) is 9.59 Å². The maximum Gasteiger partial charge on any atom is 0.308 e. The van der Waals surface area contributed by atoms with Crippen LogP contribution in [0.3, 0.4) is 0 Å². The van der Waals surface area contributed by atoms with Crippen molar-refractivity contribution in [3.05, 3.63) is 0 Å². The number of ether oxygens (including phenoxy) is 2. The Morgan fingerprint density at radius 2 is 1.30 bits per heavy atom. The van der Waals surface area contributed by atoms with Gasteiger partial charge in [0.25, 0.3) is 0 Å². The molecule has 20 heavy (non-hydrogen) atoms. The molecule has 0 aliphatic heterocycles. The normalized spacial score (nSPS) is 22.3. The molecule has 0 amide bonds.